The van der Waals surface area contributed by atoms with E-state index in [0.29, 0.717) is 0 Å². The van der Waals surface area contributed by atoms with Gasteiger partial charge >= 0.3 is 6.85 Å². The van der Waals surface area contributed by atoms with E-state index in [2.05, 4.69) is 142 Å². The Morgan fingerprint density at radius 2 is 1.33 bits per heavy atom. The minimum absolute atomic E-state index is 0.0849. The molecule has 0 atom stereocenters. The second kappa shape index (κ2) is 8.89. The largest absolute Gasteiger partial charge is 0.466 e. The lowest BCUT2D eigenvalue weighted by atomic mass is 9.47. The molecule has 3 aromatic heterocycles. The Hall–Kier alpha value is -5.16. The highest BCUT2D eigenvalue weighted by atomic mass is 16.3. The van der Waals surface area contributed by atoms with E-state index in [0.717, 1.165) is 39.0 Å². The van der Waals surface area contributed by atoms with Crippen molar-refractivity contribution in [2.75, 3.05) is 4.90 Å². The van der Waals surface area contributed by atoms with Crippen LogP contribution in [0.4, 0.5) is 17.1 Å². The van der Waals surface area contributed by atoms with Crippen LogP contribution in [-0.4, -0.2) is 11.3 Å². The number of furan rings is 2. The number of aromatic nitrogens is 1. The number of fused-ring (bicyclic) bond motifs is 12. The molecule has 0 N–H and O–H groups in total. The number of rotatable bonds is 1. The molecule has 238 valence electrons. The second-order valence-corrected chi connectivity index (χ2v) is 16.1. The second-order valence-electron chi connectivity index (χ2n) is 16.1. The van der Waals surface area contributed by atoms with Crippen molar-refractivity contribution in [2.45, 2.75) is 65.2 Å². The van der Waals surface area contributed by atoms with Gasteiger partial charge in [-0.2, -0.15) is 0 Å². The molecule has 0 saturated carbocycles. The molecule has 0 saturated heterocycles. The maximum atomic E-state index is 7.08. The molecule has 4 nitrogen and oxygen atoms in total. The van der Waals surface area contributed by atoms with Crippen molar-refractivity contribution in [3.63, 3.8) is 0 Å². The Morgan fingerprint density at radius 3 is 2.10 bits per heavy atom. The average Bonchev–Trinajstić information content (AvgIpc) is 3.75. The summed E-state index contributed by atoms with van der Waals surface area (Å²) in [6.45, 7) is 14.0. The zero-order chi connectivity index (χ0) is 33.1. The van der Waals surface area contributed by atoms with Crippen LogP contribution in [0, 0.1) is 13.8 Å². The highest BCUT2D eigenvalue weighted by molar-refractivity contribution is 6.89. The first-order valence-electron chi connectivity index (χ1n) is 17.7. The zero-order valence-electron chi connectivity index (χ0n) is 28.9. The molecule has 11 rings (SSSR count). The Labute approximate surface area is 286 Å². The number of para-hydroxylation sites is 3. The molecule has 1 aliphatic carbocycles. The third-order valence-electron chi connectivity index (χ3n) is 12.2. The topological polar surface area (TPSA) is 34.5 Å². The highest BCUT2D eigenvalue weighted by Gasteiger charge is 2.48. The van der Waals surface area contributed by atoms with Crippen molar-refractivity contribution in [3.8, 4) is 11.1 Å². The third kappa shape index (κ3) is 3.36. The number of hydrogen-bond donors (Lipinski definition) is 0. The summed E-state index contributed by atoms with van der Waals surface area (Å²) in [7, 11) is 0. The molecule has 0 radical (unpaired) electrons. The Kier molecular flexibility index (Phi) is 5.04. The Bertz CT molecular complexity index is 2770. The van der Waals surface area contributed by atoms with Crippen molar-refractivity contribution in [1.82, 2.24) is 4.48 Å². The molecule has 5 aromatic carbocycles. The third-order valence-corrected chi connectivity index (χ3v) is 12.2. The fourth-order valence-corrected chi connectivity index (χ4v) is 9.67. The molecule has 0 spiro atoms. The summed E-state index contributed by atoms with van der Waals surface area (Å²) < 4.78 is 16.3. The fraction of sp³-hybridized carbons (Fsp3) is 0.227. The minimum atomic E-state index is -0.187. The van der Waals surface area contributed by atoms with E-state index in [1.54, 1.807) is 0 Å². The van der Waals surface area contributed by atoms with Gasteiger partial charge in [0, 0.05) is 38.6 Å². The van der Waals surface area contributed by atoms with Crippen molar-refractivity contribution in [3.05, 3.63) is 113 Å². The molecule has 3 aliphatic rings. The predicted octanol–water partition coefficient (Wildman–Crippen LogP) is 10.7. The van der Waals surface area contributed by atoms with Crippen LogP contribution in [0.15, 0.2) is 99.8 Å². The lowest BCUT2D eigenvalue weighted by molar-refractivity contribution is 0.332. The summed E-state index contributed by atoms with van der Waals surface area (Å²) >= 11 is 0. The highest BCUT2D eigenvalue weighted by Crippen LogP contribution is 2.52. The average molecular weight is 637 g/mol. The lowest BCUT2D eigenvalue weighted by Crippen LogP contribution is -2.56. The summed E-state index contributed by atoms with van der Waals surface area (Å²) in [5.74, 6) is 0. The van der Waals surface area contributed by atoms with Crippen LogP contribution in [0.3, 0.4) is 0 Å². The van der Waals surface area contributed by atoms with Crippen LogP contribution in [0.2, 0.25) is 0 Å². The lowest BCUT2D eigenvalue weighted by Gasteiger charge is -2.44. The van der Waals surface area contributed by atoms with Gasteiger partial charge in [-0.15, -0.1) is 0 Å². The van der Waals surface area contributed by atoms with Crippen LogP contribution in [0.1, 0.15) is 62.8 Å². The van der Waals surface area contributed by atoms with E-state index >= 15 is 0 Å². The number of hydrogen-bond acceptors (Lipinski definition) is 3. The van der Waals surface area contributed by atoms with Gasteiger partial charge in [0.25, 0.3) is 0 Å². The van der Waals surface area contributed by atoms with Crippen LogP contribution >= 0.6 is 0 Å². The van der Waals surface area contributed by atoms with Crippen molar-refractivity contribution >= 4 is 79.0 Å². The van der Waals surface area contributed by atoms with Gasteiger partial charge in [-0.1, -0.05) is 88.4 Å². The van der Waals surface area contributed by atoms with Crippen LogP contribution in [-0.2, 0) is 10.8 Å². The molecule has 5 heteroatoms. The van der Waals surface area contributed by atoms with E-state index < -0.39 is 0 Å². The van der Waals surface area contributed by atoms with Gasteiger partial charge in [0.05, 0.1) is 11.1 Å². The number of benzene rings is 5. The molecular weight excluding hydrogens is 599 g/mol. The first kappa shape index (κ1) is 27.8. The summed E-state index contributed by atoms with van der Waals surface area (Å²) in [5, 5.41) is 4.68. The monoisotopic (exact) mass is 636 g/mol. The molecular formula is C44H37BN2O2. The predicted molar refractivity (Wildman–Crippen MR) is 204 cm³/mol. The van der Waals surface area contributed by atoms with Crippen LogP contribution in [0.25, 0.3) is 55.1 Å². The fourth-order valence-electron chi connectivity index (χ4n) is 9.67. The molecule has 2 aliphatic heterocycles. The first-order chi connectivity index (χ1) is 23.6. The normalized spacial score (nSPS) is 16.9. The summed E-state index contributed by atoms with van der Waals surface area (Å²) in [6, 6.07) is 33.6. The maximum Gasteiger partial charge on any atom is 0.378 e. The number of anilines is 3. The van der Waals surface area contributed by atoms with Crippen LogP contribution < -0.4 is 16.0 Å². The van der Waals surface area contributed by atoms with E-state index in [4.69, 9.17) is 8.83 Å². The summed E-state index contributed by atoms with van der Waals surface area (Å²) in [6.07, 6.45) is 2.37. The van der Waals surface area contributed by atoms with Crippen molar-refractivity contribution in [2.24, 2.45) is 0 Å². The number of aryl methyl sites for hydroxylation is 2. The first-order valence-corrected chi connectivity index (χ1v) is 17.7. The SMILES string of the molecule is Cc1cc2c3c(c1)N(c1cc4c(cc1C)C(C)(C)CCC4(C)C)c1c(oc4ccccc14)B3n1c3oc4ccccc4c3c3cccc-2c31. The van der Waals surface area contributed by atoms with Crippen molar-refractivity contribution in [1.29, 1.82) is 0 Å². The van der Waals surface area contributed by atoms with Gasteiger partial charge in [-0.05, 0) is 101 Å². The maximum absolute atomic E-state index is 7.08. The van der Waals surface area contributed by atoms with Gasteiger partial charge in [-0.3, -0.25) is 0 Å². The summed E-state index contributed by atoms with van der Waals surface area (Å²) in [4.78, 5) is 2.54. The van der Waals surface area contributed by atoms with E-state index in [1.807, 2.05) is 0 Å². The summed E-state index contributed by atoms with van der Waals surface area (Å²) in [5.41, 5.74) is 18.0. The Balaban J connectivity index is 1.30. The van der Waals surface area contributed by atoms with E-state index in [1.165, 1.54) is 79.3 Å². The van der Waals surface area contributed by atoms with Gasteiger partial charge in [0.2, 0.25) is 0 Å². The van der Waals surface area contributed by atoms with E-state index in [9.17, 15) is 0 Å². The smallest absolute Gasteiger partial charge is 0.378 e. The Morgan fingerprint density at radius 1 is 0.653 bits per heavy atom. The van der Waals surface area contributed by atoms with Gasteiger partial charge in [0.15, 0.2) is 5.71 Å². The van der Waals surface area contributed by atoms with Crippen molar-refractivity contribution < 1.29 is 8.83 Å². The molecule has 0 amide bonds. The zero-order valence-corrected chi connectivity index (χ0v) is 28.9. The minimum Gasteiger partial charge on any atom is -0.466 e. The standard InChI is InChI=1S/C44H37BN2O2/c1-24-20-30-26-14-11-15-29-37-27-12-7-9-16-35(27)49-42(37)47(39(26)29)45-38(30)34(21-24)46(40-28-13-8-10-17-36(28)48-41(40)45)33-23-32-31(22-25(33)2)43(3,4)18-19-44(32,5)6/h7-17,20-23H,18-19H2,1-6H3. The van der Waals surface area contributed by atoms with Gasteiger partial charge in [0.1, 0.15) is 16.8 Å². The van der Waals surface area contributed by atoms with Gasteiger partial charge < -0.3 is 18.2 Å². The number of nitrogens with zero attached hydrogens (tertiary/aromatic N) is 2. The van der Waals surface area contributed by atoms with Gasteiger partial charge in [-0.25, -0.2) is 0 Å². The molecule has 0 bridgehead atoms. The quantitative estimate of drug-likeness (QED) is 0.168. The molecule has 8 aromatic rings. The van der Waals surface area contributed by atoms with E-state index in [-0.39, 0.29) is 17.7 Å². The molecule has 49 heavy (non-hydrogen) atoms. The molecule has 0 unspecified atom stereocenters. The molecule has 0 fully saturated rings. The van der Waals surface area contributed by atoms with Crippen LogP contribution in [0.5, 0.6) is 0 Å². The molecule has 5 heterocycles.